The van der Waals surface area contributed by atoms with Crippen LogP contribution in [0.5, 0.6) is 0 Å². The number of fused-ring (bicyclic) bond motifs is 3. The number of hydrogen-bond donors (Lipinski definition) is 2. The van der Waals surface area contributed by atoms with Crippen LogP contribution < -0.4 is 15.1 Å². The molecule has 0 aliphatic carbocycles. The first-order chi connectivity index (χ1) is 26.8. The molecule has 13 heteroatoms. The van der Waals surface area contributed by atoms with Gasteiger partial charge in [0.2, 0.25) is 0 Å². The van der Waals surface area contributed by atoms with Gasteiger partial charge >= 0.3 is 5.97 Å². The van der Waals surface area contributed by atoms with Crippen molar-refractivity contribution >= 4 is 28.9 Å². The Bertz CT molecular complexity index is 1640. The van der Waals surface area contributed by atoms with Crippen molar-refractivity contribution in [1.82, 2.24) is 30.1 Å². The van der Waals surface area contributed by atoms with Gasteiger partial charge in [0.15, 0.2) is 17.4 Å². The maximum atomic E-state index is 12.6. The lowest BCUT2D eigenvalue weighted by Gasteiger charge is -2.47. The normalized spacial score (nSPS) is 23.8. The lowest BCUT2D eigenvalue weighted by molar-refractivity contribution is -0.146. The number of aliphatic hydroxyl groups is 1. The van der Waals surface area contributed by atoms with E-state index < -0.39 is 5.92 Å². The van der Waals surface area contributed by atoms with Crippen LogP contribution in [0, 0.1) is 11.8 Å². The summed E-state index contributed by atoms with van der Waals surface area (Å²) in [5, 5.41) is 27.5. The van der Waals surface area contributed by atoms with Crippen LogP contribution >= 0.6 is 0 Å². The van der Waals surface area contributed by atoms with Gasteiger partial charge in [0, 0.05) is 69.5 Å². The maximum Gasteiger partial charge on any atom is 0.317 e. The van der Waals surface area contributed by atoms with E-state index in [9.17, 15) is 9.90 Å². The fourth-order valence-corrected chi connectivity index (χ4v) is 9.85. The molecule has 2 aromatic heterocycles. The molecular weight excluding hydrogens is 695 g/mol. The minimum atomic E-state index is -0.421. The number of piperazine rings is 1. The summed E-state index contributed by atoms with van der Waals surface area (Å²) in [5.74, 6) is 2.75. The van der Waals surface area contributed by atoms with Crippen molar-refractivity contribution in [3.8, 4) is 0 Å². The zero-order chi connectivity index (χ0) is 38.5. The predicted molar refractivity (Wildman–Crippen MR) is 218 cm³/mol. The van der Waals surface area contributed by atoms with Gasteiger partial charge in [-0.1, -0.05) is 32.0 Å². The van der Waals surface area contributed by atoms with Crippen LogP contribution in [-0.4, -0.2) is 138 Å². The second-order valence-electron chi connectivity index (χ2n) is 16.7. The van der Waals surface area contributed by atoms with Crippen LogP contribution in [0.1, 0.15) is 96.9 Å². The van der Waals surface area contributed by atoms with Crippen LogP contribution in [-0.2, 0) is 9.53 Å². The molecule has 302 valence electrons. The number of anilines is 3. The van der Waals surface area contributed by atoms with E-state index in [1.807, 2.05) is 52.8 Å². The van der Waals surface area contributed by atoms with Gasteiger partial charge in [0.25, 0.3) is 0 Å². The number of rotatable bonds is 12. The van der Waals surface area contributed by atoms with Crippen LogP contribution in [0.15, 0.2) is 34.6 Å². The first-order valence-electron chi connectivity index (χ1n) is 21.3. The smallest absolute Gasteiger partial charge is 0.317 e. The second kappa shape index (κ2) is 18.1. The molecule has 7 rings (SSSR count). The van der Waals surface area contributed by atoms with Gasteiger partial charge in [-0.3, -0.25) is 9.69 Å². The molecule has 2 aromatic rings. The number of carbonyl (C=O) groups excluding carboxylic acids is 1. The summed E-state index contributed by atoms with van der Waals surface area (Å²) in [6.45, 7) is 22.2. The van der Waals surface area contributed by atoms with E-state index in [1.165, 1.54) is 58.4 Å². The van der Waals surface area contributed by atoms with Crippen molar-refractivity contribution in [2.45, 2.75) is 104 Å². The number of piperidine rings is 3. The molecule has 0 bridgehead atoms. The molecule has 55 heavy (non-hydrogen) atoms. The van der Waals surface area contributed by atoms with E-state index in [1.54, 1.807) is 0 Å². The van der Waals surface area contributed by atoms with Gasteiger partial charge in [0.05, 0.1) is 24.0 Å². The Morgan fingerprint density at radius 2 is 1.64 bits per heavy atom. The number of allylic oxidation sites excluding steroid dienone is 3. The van der Waals surface area contributed by atoms with Crippen molar-refractivity contribution in [3.05, 3.63) is 41.5 Å². The number of carbonyl (C=O) groups is 1. The van der Waals surface area contributed by atoms with Gasteiger partial charge in [-0.2, -0.15) is 0 Å². The molecule has 0 radical (unpaired) electrons. The van der Waals surface area contributed by atoms with E-state index in [0.29, 0.717) is 30.5 Å². The molecule has 4 fully saturated rings. The average molecular weight is 760 g/mol. The number of aliphatic hydroxyl groups excluding tert-OH is 1. The number of hydrogen-bond acceptors (Lipinski definition) is 13. The number of esters is 1. The minimum Gasteiger partial charge on any atom is -0.508 e. The third kappa shape index (κ3) is 8.99. The van der Waals surface area contributed by atoms with E-state index >= 15 is 0 Å². The highest BCUT2D eigenvalue weighted by atomic mass is 16.5. The van der Waals surface area contributed by atoms with Crippen LogP contribution in [0.3, 0.4) is 0 Å². The molecule has 2 N–H and O–H groups in total. The van der Waals surface area contributed by atoms with Crippen molar-refractivity contribution in [2.75, 3.05) is 93.7 Å². The summed E-state index contributed by atoms with van der Waals surface area (Å²) in [5.41, 5.74) is 2.56. The van der Waals surface area contributed by atoms with Gasteiger partial charge in [-0.25, -0.2) is 0 Å². The number of aromatic nitrogens is 3. The molecule has 0 amide bonds. The van der Waals surface area contributed by atoms with Crippen LogP contribution in [0.25, 0.3) is 5.57 Å². The highest BCUT2D eigenvalue weighted by Crippen LogP contribution is 2.35. The molecule has 2 unspecified atom stereocenters. The zero-order valence-electron chi connectivity index (χ0n) is 34.0. The summed E-state index contributed by atoms with van der Waals surface area (Å²) < 4.78 is 11.0. The monoisotopic (exact) mass is 760 g/mol. The minimum absolute atomic E-state index is 0.0796. The molecule has 5 aliphatic heterocycles. The fraction of sp³-hybridized carbons (Fsp3) is 0.714. The molecule has 0 saturated carbocycles. The van der Waals surface area contributed by atoms with Crippen molar-refractivity contribution < 1.29 is 19.2 Å². The summed E-state index contributed by atoms with van der Waals surface area (Å²) in [7, 11) is 0. The summed E-state index contributed by atoms with van der Waals surface area (Å²) in [6, 6.07) is 5.80. The molecule has 13 nitrogen and oxygen atoms in total. The Hall–Kier alpha value is -3.68. The Kier molecular flexibility index (Phi) is 13.0. The lowest BCUT2D eigenvalue weighted by Crippen LogP contribution is -2.58. The molecule has 4 saturated heterocycles. The molecule has 2 atom stereocenters. The fourth-order valence-electron chi connectivity index (χ4n) is 9.85. The largest absolute Gasteiger partial charge is 0.508 e. The average Bonchev–Trinajstić information content (AvgIpc) is 3.68. The zero-order valence-corrected chi connectivity index (χ0v) is 34.0. The van der Waals surface area contributed by atoms with E-state index in [4.69, 9.17) is 9.26 Å². The summed E-state index contributed by atoms with van der Waals surface area (Å²) in [6.07, 6.45) is 11.9. The Morgan fingerprint density at radius 1 is 0.945 bits per heavy atom. The van der Waals surface area contributed by atoms with Crippen LogP contribution in [0.4, 0.5) is 17.3 Å². The lowest BCUT2D eigenvalue weighted by atomic mass is 9.91. The first-order valence-corrected chi connectivity index (χ1v) is 21.3. The topological polar surface area (TPSA) is 127 Å². The van der Waals surface area contributed by atoms with Gasteiger partial charge < -0.3 is 39.3 Å². The molecule has 7 heterocycles. The summed E-state index contributed by atoms with van der Waals surface area (Å²) >= 11 is 0. The quantitative estimate of drug-likeness (QED) is 0.154. The van der Waals surface area contributed by atoms with Gasteiger partial charge in [0.1, 0.15) is 11.7 Å². The van der Waals surface area contributed by atoms with E-state index in [0.717, 1.165) is 93.0 Å². The van der Waals surface area contributed by atoms with E-state index in [-0.39, 0.29) is 17.6 Å². The second-order valence-corrected chi connectivity index (χ2v) is 16.7. The third-order valence-corrected chi connectivity index (χ3v) is 12.9. The Balaban J connectivity index is 0.826. The van der Waals surface area contributed by atoms with Crippen molar-refractivity contribution in [2.24, 2.45) is 11.8 Å². The molecular formula is C42H65N9O4. The molecule has 0 aromatic carbocycles. The van der Waals surface area contributed by atoms with E-state index in [2.05, 4.69) is 51.2 Å². The molecule has 0 spiro atoms. The maximum absolute atomic E-state index is 12.6. The number of ether oxygens (including phenoxy) is 1. The highest BCUT2D eigenvalue weighted by Gasteiger charge is 2.37. The highest BCUT2D eigenvalue weighted by molar-refractivity contribution is 5.79. The molecule has 5 aliphatic rings. The Labute approximate surface area is 328 Å². The number of nitrogens with one attached hydrogen (secondary N) is 1. The third-order valence-electron chi connectivity index (χ3n) is 12.9. The van der Waals surface area contributed by atoms with Crippen molar-refractivity contribution in [3.63, 3.8) is 0 Å². The number of nitrogens with zero attached hydrogens (tertiary/aromatic N) is 8. The van der Waals surface area contributed by atoms with Gasteiger partial charge in [-0.15, -0.1) is 10.2 Å². The first kappa shape index (κ1) is 39.6. The standard InChI is InChI=1S/C42H65N9O4/c1-6-9-37(52)34(7-2)35-24-36-41(45-44-35)43-26-33-28-47(22-23-51(33)36)27-30-10-16-48(17-11-30)31-12-18-49(19-13-31)32-14-20-50(21-15-32)39-25-38(55-46-39)40(29(4)5)42(53)54-8-3/h7,9,24-25,29-33,40,52H,6,8,10-23,26-28H2,1-5H3,(H,43,45)/b34-7-,37-9+. The summed E-state index contributed by atoms with van der Waals surface area (Å²) in [4.78, 5) is 25.7. The van der Waals surface area contributed by atoms with Crippen LogP contribution in [0.2, 0.25) is 0 Å². The van der Waals surface area contributed by atoms with Gasteiger partial charge in [-0.05, 0) is 109 Å². The Morgan fingerprint density at radius 3 is 2.29 bits per heavy atom. The number of likely N-dealkylation sites (tertiary alicyclic amines) is 2. The predicted octanol–water partition coefficient (Wildman–Crippen LogP) is 5.78. The SMILES string of the molecule is C/C=C(\C(O)=C/CC)c1cc2c(nn1)NCC1CN(CC3CCN(C4CCN(C5CCN(c6cc(C(C(=O)OCC)C(C)C)on6)CC5)CC4)CC3)CCN21. The van der Waals surface area contributed by atoms with Crippen molar-refractivity contribution in [1.29, 1.82) is 0 Å².